The molecule has 0 aromatic heterocycles. The van der Waals surface area contributed by atoms with Gasteiger partial charge in [-0.15, -0.1) is 12.4 Å². The van der Waals surface area contributed by atoms with Gasteiger partial charge in [-0.1, -0.05) is 20.8 Å². The van der Waals surface area contributed by atoms with Crippen molar-refractivity contribution >= 4 is 30.1 Å². The highest BCUT2D eigenvalue weighted by atomic mass is 35.5. The van der Waals surface area contributed by atoms with E-state index in [2.05, 4.69) is 0 Å². The Bertz CT molecular complexity index is 147. The number of halogens is 1. The molecule has 74 valence electrons. The SMILES string of the molecule is CC(C)(C)SCC(N)C(=O)O.Cl. The summed E-state index contributed by atoms with van der Waals surface area (Å²) in [6.45, 7) is 6.10. The van der Waals surface area contributed by atoms with Gasteiger partial charge in [-0.3, -0.25) is 4.79 Å². The molecule has 0 aromatic carbocycles. The van der Waals surface area contributed by atoms with E-state index in [1.165, 1.54) is 0 Å². The van der Waals surface area contributed by atoms with Crippen molar-refractivity contribution in [1.82, 2.24) is 0 Å². The van der Waals surface area contributed by atoms with Gasteiger partial charge in [0.2, 0.25) is 0 Å². The summed E-state index contributed by atoms with van der Waals surface area (Å²) >= 11 is 1.56. The molecule has 0 radical (unpaired) electrons. The van der Waals surface area contributed by atoms with Gasteiger partial charge in [0.25, 0.3) is 0 Å². The van der Waals surface area contributed by atoms with Crippen LogP contribution in [0, 0.1) is 0 Å². The van der Waals surface area contributed by atoms with Gasteiger partial charge in [-0.05, 0) is 0 Å². The van der Waals surface area contributed by atoms with Crippen LogP contribution in [-0.4, -0.2) is 27.6 Å². The minimum absolute atomic E-state index is 0. The fourth-order valence-electron chi connectivity index (χ4n) is 0.411. The second-order valence-electron chi connectivity index (χ2n) is 3.37. The Labute approximate surface area is 83.5 Å². The number of rotatable bonds is 3. The summed E-state index contributed by atoms with van der Waals surface area (Å²) in [5.41, 5.74) is 5.30. The highest BCUT2D eigenvalue weighted by Gasteiger charge is 2.16. The molecule has 5 heteroatoms. The minimum atomic E-state index is -0.929. The molecule has 0 amide bonds. The van der Waals surface area contributed by atoms with Crippen molar-refractivity contribution in [2.75, 3.05) is 5.75 Å². The van der Waals surface area contributed by atoms with E-state index in [9.17, 15) is 4.79 Å². The molecule has 0 fully saturated rings. The molecule has 0 spiro atoms. The highest BCUT2D eigenvalue weighted by molar-refractivity contribution is 8.00. The maximum atomic E-state index is 10.3. The lowest BCUT2D eigenvalue weighted by Gasteiger charge is -2.18. The van der Waals surface area contributed by atoms with E-state index in [1.807, 2.05) is 20.8 Å². The van der Waals surface area contributed by atoms with Gasteiger partial charge in [0, 0.05) is 10.5 Å². The summed E-state index contributed by atoms with van der Waals surface area (Å²) in [6.07, 6.45) is 0. The molecule has 0 bridgehead atoms. The number of carbonyl (C=O) groups is 1. The van der Waals surface area contributed by atoms with E-state index < -0.39 is 12.0 Å². The van der Waals surface area contributed by atoms with Crippen molar-refractivity contribution < 1.29 is 9.90 Å². The number of hydrogen-bond acceptors (Lipinski definition) is 3. The Hall–Kier alpha value is 0.0700. The Kier molecular flexibility index (Phi) is 6.89. The van der Waals surface area contributed by atoms with Crippen LogP contribution in [0.5, 0.6) is 0 Å². The number of thioether (sulfide) groups is 1. The number of carboxylic acid groups (broad SMARTS) is 1. The Balaban J connectivity index is 0. The third kappa shape index (κ3) is 8.17. The summed E-state index contributed by atoms with van der Waals surface area (Å²) in [5.74, 6) is -0.458. The molecule has 3 N–H and O–H groups in total. The Morgan fingerprint density at radius 2 is 2.00 bits per heavy atom. The van der Waals surface area contributed by atoms with Gasteiger partial charge in [-0.25, -0.2) is 0 Å². The summed E-state index contributed by atoms with van der Waals surface area (Å²) in [5, 5.41) is 8.44. The molecule has 0 aromatic rings. The summed E-state index contributed by atoms with van der Waals surface area (Å²) in [7, 11) is 0. The van der Waals surface area contributed by atoms with Gasteiger partial charge in [0.05, 0.1) is 0 Å². The lowest BCUT2D eigenvalue weighted by molar-refractivity contribution is -0.137. The van der Waals surface area contributed by atoms with Crippen LogP contribution in [0.2, 0.25) is 0 Å². The quantitative estimate of drug-likeness (QED) is 0.743. The first-order valence-corrected chi connectivity index (χ1v) is 4.44. The molecule has 0 saturated heterocycles. The van der Waals surface area contributed by atoms with Gasteiger partial charge in [0.1, 0.15) is 6.04 Å². The molecule has 0 aliphatic carbocycles. The normalized spacial score (nSPS) is 13.3. The largest absolute Gasteiger partial charge is 0.480 e. The lowest BCUT2D eigenvalue weighted by Crippen LogP contribution is -2.33. The van der Waals surface area contributed by atoms with E-state index in [0.717, 1.165) is 0 Å². The second-order valence-corrected chi connectivity index (χ2v) is 5.21. The zero-order valence-electron chi connectivity index (χ0n) is 7.53. The standard InChI is InChI=1S/C7H15NO2S.ClH/c1-7(2,3)11-4-5(8)6(9)10;/h5H,4,8H2,1-3H3,(H,9,10);1H. The molecular formula is C7H16ClNO2S. The molecule has 1 unspecified atom stereocenters. The van der Waals surface area contributed by atoms with Crippen molar-refractivity contribution in [3.8, 4) is 0 Å². The summed E-state index contributed by atoms with van der Waals surface area (Å²) in [6, 6.07) is -0.737. The van der Waals surface area contributed by atoms with Crippen LogP contribution >= 0.6 is 24.2 Å². The second kappa shape index (κ2) is 5.67. The lowest BCUT2D eigenvalue weighted by atomic mass is 10.3. The Morgan fingerprint density at radius 3 is 2.25 bits per heavy atom. The van der Waals surface area contributed by atoms with Gasteiger partial charge in [0.15, 0.2) is 0 Å². The van der Waals surface area contributed by atoms with E-state index >= 15 is 0 Å². The van der Waals surface area contributed by atoms with E-state index in [1.54, 1.807) is 11.8 Å². The van der Waals surface area contributed by atoms with Crippen molar-refractivity contribution in [3.05, 3.63) is 0 Å². The highest BCUT2D eigenvalue weighted by Crippen LogP contribution is 2.23. The topological polar surface area (TPSA) is 63.3 Å². The molecule has 0 rings (SSSR count). The molecule has 1 atom stereocenters. The Morgan fingerprint density at radius 1 is 1.58 bits per heavy atom. The maximum absolute atomic E-state index is 10.3. The molecule has 0 aliphatic heterocycles. The van der Waals surface area contributed by atoms with Crippen molar-refractivity contribution in [1.29, 1.82) is 0 Å². The third-order valence-electron chi connectivity index (χ3n) is 1.01. The van der Waals surface area contributed by atoms with Crippen LogP contribution in [0.1, 0.15) is 20.8 Å². The number of carboxylic acids is 1. The van der Waals surface area contributed by atoms with Crippen LogP contribution < -0.4 is 5.73 Å². The monoisotopic (exact) mass is 213 g/mol. The summed E-state index contributed by atoms with van der Waals surface area (Å²) < 4.78 is 0.0903. The predicted octanol–water partition coefficient (Wildman–Crippen LogP) is 1.35. The maximum Gasteiger partial charge on any atom is 0.321 e. The molecule has 3 nitrogen and oxygen atoms in total. The van der Waals surface area contributed by atoms with Gasteiger partial charge in [-0.2, -0.15) is 11.8 Å². The first-order chi connectivity index (χ1) is 4.83. The molecule has 0 heterocycles. The molecule has 0 aliphatic rings. The average molecular weight is 214 g/mol. The van der Waals surface area contributed by atoms with Gasteiger partial charge < -0.3 is 10.8 Å². The zero-order chi connectivity index (χ0) is 9.07. The van der Waals surface area contributed by atoms with Crippen LogP contribution in [0.15, 0.2) is 0 Å². The average Bonchev–Trinajstić information content (AvgIpc) is 1.80. The van der Waals surface area contributed by atoms with Crippen LogP contribution in [0.3, 0.4) is 0 Å². The smallest absolute Gasteiger partial charge is 0.321 e. The molecular weight excluding hydrogens is 198 g/mol. The van der Waals surface area contributed by atoms with Crippen molar-refractivity contribution in [2.45, 2.75) is 31.6 Å². The predicted molar refractivity (Wildman–Crippen MR) is 55.1 cm³/mol. The van der Waals surface area contributed by atoms with Crippen LogP contribution in [0.25, 0.3) is 0 Å². The number of aliphatic carboxylic acids is 1. The fraction of sp³-hybridized carbons (Fsp3) is 0.857. The fourth-order valence-corrected chi connectivity index (χ4v) is 1.23. The van der Waals surface area contributed by atoms with Crippen molar-refractivity contribution in [3.63, 3.8) is 0 Å². The minimum Gasteiger partial charge on any atom is -0.480 e. The molecule has 0 saturated carbocycles. The third-order valence-corrected chi connectivity index (χ3v) is 2.40. The van der Waals surface area contributed by atoms with E-state index in [0.29, 0.717) is 5.75 Å². The summed E-state index contributed by atoms with van der Waals surface area (Å²) in [4.78, 5) is 10.3. The first kappa shape index (κ1) is 14.6. The zero-order valence-corrected chi connectivity index (χ0v) is 9.17. The van der Waals surface area contributed by atoms with Crippen LogP contribution in [-0.2, 0) is 4.79 Å². The van der Waals surface area contributed by atoms with Gasteiger partial charge >= 0.3 is 5.97 Å². The van der Waals surface area contributed by atoms with E-state index in [4.69, 9.17) is 10.8 Å². The van der Waals surface area contributed by atoms with E-state index in [-0.39, 0.29) is 17.2 Å². The number of nitrogens with two attached hydrogens (primary N) is 1. The molecule has 12 heavy (non-hydrogen) atoms. The van der Waals surface area contributed by atoms with Crippen molar-refractivity contribution in [2.24, 2.45) is 5.73 Å². The van der Waals surface area contributed by atoms with Crippen LogP contribution in [0.4, 0.5) is 0 Å². The number of hydrogen-bond donors (Lipinski definition) is 2. The first-order valence-electron chi connectivity index (χ1n) is 3.45.